The normalized spacial score (nSPS) is 12.9. The predicted octanol–water partition coefficient (Wildman–Crippen LogP) is 8.32. The molecule has 0 fully saturated rings. The molecule has 0 N–H and O–H groups in total. The van der Waals surface area contributed by atoms with Crippen LogP contribution in [0.3, 0.4) is 0 Å². The number of hydrogen-bond acceptors (Lipinski definition) is 4. The number of aryl methyl sites for hydroxylation is 2. The van der Waals surface area contributed by atoms with Gasteiger partial charge in [0.2, 0.25) is 0 Å². The molecule has 1 aliphatic rings. The maximum Gasteiger partial charge on any atom is 0.139 e. The van der Waals surface area contributed by atoms with Crippen LogP contribution in [-0.4, -0.2) is 15.0 Å². The molecule has 0 saturated heterocycles. The predicted molar refractivity (Wildman–Crippen MR) is 148 cm³/mol. The Labute approximate surface area is 249 Å². The van der Waals surface area contributed by atoms with Crippen molar-refractivity contribution in [3.63, 3.8) is 0 Å². The van der Waals surface area contributed by atoms with Crippen molar-refractivity contribution in [2.75, 3.05) is 0 Å². The van der Waals surface area contributed by atoms with E-state index in [2.05, 4.69) is 27.1 Å². The molecule has 4 aromatic heterocycles. The zero-order valence-corrected chi connectivity index (χ0v) is 25.1. The van der Waals surface area contributed by atoms with Crippen molar-refractivity contribution in [3.8, 4) is 22.5 Å². The first-order valence-electron chi connectivity index (χ1n) is 12.9. The zero-order chi connectivity index (χ0) is 28.2. The Kier molecular flexibility index (Phi) is 7.58. The van der Waals surface area contributed by atoms with Crippen LogP contribution in [0, 0.1) is 36.5 Å². The van der Waals surface area contributed by atoms with E-state index >= 15 is 0 Å². The Bertz CT molecular complexity index is 1920. The second kappa shape index (κ2) is 10.8. The largest absolute Gasteiger partial charge is 0.499 e. The average Bonchev–Trinajstić information content (AvgIpc) is 3.45. The van der Waals surface area contributed by atoms with Crippen molar-refractivity contribution in [2.45, 2.75) is 39.5 Å². The summed E-state index contributed by atoms with van der Waals surface area (Å²) in [5.41, 5.74) is 5.17. The van der Waals surface area contributed by atoms with Crippen LogP contribution in [0.25, 0.3) is 44.5 Å². The molecule has 0 saturated carbocycles. The molecule has 0 atom stereocenters. The number of pyridine rings is 3. The second-order valence-electron chi connectivity index (χ2n) is 10.2. The van der Waals surface area contributed by atoms with Gasteiger partial charge < -0.3 is 14.4 Å². The van der Waals surface area contributed by atoms with Gasteiger partial charge in [0, 0.05) is 49.6 Å². The molecule has 4 nitrogen and oxygen atoms in total. The fraction of sp³-hybridized carbons (Fsp3) is 0.182. The molecule has 0 aliphatic heterocycles. The van der Waals surface area contributed by atoms with Crippen LogP contribution >= 0.6 is 0 Å². The van der Waals surface area contributed by atoms with Crippen LogP contribution in [0.15, 0.2) is 65.6 Å². The van der Waals surface area contributed by atoms with Crippen molar-refractivity contribution in [2.24, 2.45) is 0 Å². The fourth-order valence-corrected chi connectivity index (χ4v) is 5.49. The summed E-state index contributed by atoms with van der Waals surface area (Å²) in [5.74, 6) is -2.30. The minimum atomic E-state index is -0.972. The quantitative estimate of drug-likeness (QED) is 0.169. The molecule has 1 radical (unpaired) electrons. The molecule has 4 heterocycles. The van der Waals surface area contributed by atoms with Gasteiger partial charge in [0.15, 0.2) is 0 Å². The van der Waals surface area contributed by atoms with Gasteiger partial charge in [-0.05, 0) is 47.3 Å². The van der Waals surface area contributed by atoms with Gasteiger partial charge in [0.1, 0.15) is 11.4 Å². The second-order valence-corrected chi connectivity index (χ2v) is 10.2. The van der Waals surface area contributed by atoms with Gasteiger partial charge >= 0.3 is 0 Å². The molecule has 209 valence electrons. The molecule has 0 spiro atoms. The van der Waals surface area contributed by atoms with Crippen molar-refractivity contribution in [1.82, 2.24) is 15.0 Å². The van der Waals surface area contributed by atoms with Gasteiger partial charge in [-0.25, -0.2) is 8.78 Å². The summed E-state index contributed by atoms with van der Waals surface area (Å²) in [6.45, 7) is 7.23. The molecule has 6 aromatic rings. The van der Waals surface area contributed by atoms with Crippen LogP contribution in [0.5, 0.6) is 0 Å². The first-order chi connectivity index (χ1) is 19.2. The van der Waals surface area contributed by atoms with E-state index in [1.165, 1.54) is 6.20 Å². The maximum atomic E-state index is 14.6. The summed E-state index contributed by atoms with van der Waals surface area (Å²) in [4.78, 5) is 12.8. The van der Waals surface area contributed by atoms with Crippen LogP contribution in [0.2, 0.25) is 0 Å². The molecule has 2 aromatic carbocycles. The molecule has 0 amide bonds. The van der Waals surface area contributed by atoms with E-state index < -0.39 is 17.0 Å². The Morgan fingerprint density at radius 1 is 0.927 bits per heavy atom. The Hall–Kier alpha value is -3.87. The number of halogens is 3. The summed E-state index contributed by atoms with van der Waals surface area (Å²) < 4.78 is 48.2. The van der Waals surface area contributed by atoms with Crippen LogP contribution < -0.4 is 0 Å². The van der Waals surface area contributed by atoms with E-state index in [1.54, 1.807) is 26.2 Å². The first-order valence-corrected chi connectivity index (χ1v) is 12.9. The summed E-state index contributed by atoms with van der Waals surface area (Å²) in [5, 5.41) is 2.19. The van der Waals surface area contributed by atoms with Crippen molar-refractivity contribution < 1.29 is 37.7 Å². The third-order valence-electron chi connectivity index (χ3n) is 7.43. The van der Waals surface area contributed by atoms with Crippen LogP contribution in [-0.2, 0) is 31.9 Å². The number of fused-ring (bicyclic) bond motifs is 6. The van der Waals surface area contributed by atoms with Gasteiger partial charge in [-0.3, -0.25) is 9.37 Å². The molecule has 41 heavy (non-hydrogen) atoms. The van der Waals surface area contributed by atoms with Crippen molar-refractivity contribution in [1.29, 1.82) is 0 Å². The molecule has 7 rings (SSSR count). The monoisotopic (exact) mass is 728 g/mol. The van der Waals surface area contributed by atoms with E-state index in [9.17, 15) is 13.2 Å². The topological polar surface area (TPSA) is 51.8 Å². The molecule has 1 aliphatic carbocycles. The minimum absolute atomic E-state index is 0. The number of benzene rings is 2. The van der Waals surface area contributed by atoms with Gasteiger partial charge in [0.05, 0.1) is 23.4 Å². The molecule has 8 heteroatoms. The third kappa shape index (κ3) is 4.55. The number of nitrogens with zero attached hydrogens (tertiary/aromatic N) is 3. The number of furan rings is 1. The maximum absolute atomic E-state index is 14.6. The van der Waals surface area contributed by atoms with E-state index in [0.717, 1.165) is 44.8 Å². The molecular formula is C33H24F3IrN3O-2. The average molecular weight is 728 g/mol. The number of aromatic nitrogens is 3. The van der Waals surface area contributed by atoms with Gasteiger partial charge in [0.25, 0.3) is 0 Å². The zero-order valence-electron chi connectivity index (χ0n) is 22.7. The SMILES string of the molecule is CCc1cnc2c(c1F)C(C)(C)c1c-2[c-]cc(F)c1F.Cc1cncc2oc3c(-c4ccccn4)[c-]ccc3c12.[Ir]. The van der Waals surface area contributed by atoms with Gasteiger partial charge in [-0.2, -0.15) is 0 Å². The Morgan fingerprint density at radius 3 is 2.46 bits per heavy atom. The van der Waals surface area contributed by atoms with E-state index in [1.807, 2.05) is 50.4 Å². The van der Waals surface area contributed by atoms with Crippen LogP contribution in [0.1, 0.15) is 43.0 Å². The summed E-state index contributed by atoms with van der Waals surface area (Å²) in [6, 6.07) is 16.6. The molecule has 0 bridgehead atoms. The summed E-state index contributed by atoms with van der Waals surface area (Å²) in [6.07, 6.45) is 7.34. The summed E-state index contributed by atoms with van der Waals surface area (Å²) >= 11 is 0. The van der Waals surface area contributed by atoms with E-state index in [4.69, 9.17) is 4.42 Å². The molecular weight excluding hydrogens is 704 g/mol. The minimum Gasteiger partial charge on any atom is -0.499 e. The first kappa shape index (κ1) is 28.7. The smallest absolute Gasteiger partial charge is 0.139 e. The Morgan fingerprint density at radius 2 is 1.73 bits per heavy atom. The number of hydrogen-bond donors (Lipinski definition) is 0. The van der Waals surface area contributed by atoms with Crippen molar-refractivity contribution >= 4 is 21.9 Å². The standard InChI is InChI=1S/C17H11N2O.C16H13F3N.Ir/c1-11-9-18-10-15-16(11)13-6-4-5-12(17(13)20-15)14-7-2-3-8-19-14;1-4-8-7-20-15-9-5-6-10(17)14(19)11(9)16(2,3)12(15)13(8)18;/h2-4,6-10H,1H3;6-7H,4H2,1-3H3;/q2*-1;. The van der Waals surface area contributed by atoms with Gasteiger partial charge in [-0.1, -0.05) is 49.4 Å². The fourth-order valence-electron chi connectivity index (χ4n) is 5.49. The van der Waals surface area contributed by atoms with Crippen LogP contribution in [0.4, 0.5) is 13.2 Å². The summed E-state index contributed by atoms with van der Waals surface area (Å²) in [7, 11) is 0. The van der Waals surface area contributed by atoms with E-state index in [0.29, 0.717) is 28.8 Å². The number of rotatable bonds is 2. The molecule has 0 unspecified atom stereocenters. The Balaban J connectivity index is 0.000000161. The van der Waals surface area contributed by atoms with Gasteiger partial charge in [-0.15, -0.1) is 35.9 Å². The van der Waals surface area contributed by atoms with Crippen molar-refractivity contribution in [3.05, 3.63) is 113 Å². The van der Waals surface area contributed by atoms with E-state index in [-0.39, 0.29) is 31.5 Å². The third-order valence-corrected chi connectivity index (χ3v) is 7.43.